The minimum atomic E-state index is -1.55. The van der Waals surface area contributed by atoms with E-state index in [9.17, 15) is 19.3 Å². The molecule has 0 fully saturated rings. The maximum atomic E-state index is 13.5. The highest BCUT2D eigenvalue weighted by Crippen LogP contribution is 2.33. The number of nitro groups is 1. The van der Waals surface area contributed by atoms with Crippen molar-refractivity contribution in [1.82, 2.24) is 0 Å². The SMILES string of the molecule is CC(CC(C)(N)C(=O)O)Oc1cc(F)c(Br)cc1[N+](=O)[O-]. The highest BCUT2D eigenvalue weighted by atomic mass is 79.9. The normalized spacial score (nSPS) is 15.1. The number of rotatable bonds is 6. The number of nitrogens with zero attached hydrogens (tertiary/aromatic N) is 1. The number of hydrogen-bond donors (Lipinski definition) is 2. The van der Waals surface area contributed by atoms with Gasteiger partial charge in [-0.05, 0) is 29.8 Å². The second-order valence-corrected chi connectivity index (χ2v) is 5.70. The summed E-state index contributed by atoms with van der Waals surface area (Å²) in [5.41, 5.74) is 3.59. The zero-order valence-electron chi connectivity index (χ0n) is 11.3. The monoisotopic (exact) mass is 364 g/mol. The van der Waals surface area contributed by atoms with E-state index in [2.05, 4.69) is 15.9 Å². The lowest BCUT2D eigenvalue weighted by Gasteiger charge is -2.24. The van der Waals surface area contributed by atoms with E-state index in [1.54, 1.807) is 0 Å². The molecule has 116 valence electrons. The average molecular weight is 365 g/mol. The molecule has 2 unspecified atom stereocenters. The minimum absolute atomic E-state index is 0.0663. The first-order valence-electron chi connectivity index (χ1n) is 5.87. The van der Waals surface area contributed by atoms with Crippen LogP contribution in [0.1, 0.15) is 20.3 Å². The Morgan fingerprint density at radius 1 is 1.67 bits per heavy atom. The predicted molar refractivity (Wildman–Crippen MR) is 75.7 cm³/mol. The van der Waals surface area contributed by atoms with Crippen molar-refractivity contribution in [2.24, 2.45) is 5.73 Å². The van der Waals surface area contributed by atoms with Crippen LogP contribution in [-0.4, -0.2) is 27.6 Å². The summed E-state index contributed by atoms with van der Waals surface area (Å²) in [6, 6.07) is 1.85. The van der Waals surface area contributed by atoms with Gasteiger partial charge < -0.3 is 15.6 Å². The predicted octanol–water partition coefficient (Wildman–Crippen LogP) is 2.46. The van der Waals surface area contributed by atoms with Gasteiger partial charge in [-0.25, -0.2) is 4.39 Å². The summed E-state index contributed by atoms with van der Waals surface area (Å²) in [6.45, 7) is 2.80. The van der Waals surface area contributed by atoms with Crippen molar-refractivity contribution < 1.29 is 24.0 Å². The third-order valence-corrected chi connectivity index (χ3v) is 3.33. The number of carbonyl (C=O) groups is 1. The highest BCUT2D eigenvalue weighted by molar-refractivity contribution is 9.10. The number of benzene rings is 1. The Kier molecular flexibility index (Phi) is 5.24. The number of nitro benzene ring substituents is 1. The second-order valence-electron chi connectivity index (χ2n) is 4.85. The Morgan fingerprint density at radius 2 is 2.24 bits per heavy atom. The molecule has 1 rings (SSSR count). The van der Waals surface area contributed by atoms with Gasteiger partial charge in [0.2, 0.25) is 0 Å². The first-order chi connectivity index (χ1) is 9.54. The highest BCUT2D eigenvalue weighted by Gasteiger charge is 2.31. The fourth-order valence-electron chi connectivity index (χ4n) is 1.70. The van der Waals surface area contributed by atoms with Crippen molar-refractivity contribution in [3.63, 3.8) is 0 Å². The van der Waals surface area contributed by atoms with Gasteiger partial charge in [0.25, 0.3) is 0 Å². The summed E-state index contributed by atoms with van der Waals surface area (Å²) in [7, 11) is 0. The van der Waals surface area contributed by atoms with E-state index in [1.807, 2.05) is 0 Å². The summed E-state index contributed by atoms with van der Waals surface area (Å²) in [5, 5.41) is 19.8. The van der Waals surface area contributed by atoms with Crippen LogP contribution in [0.5, 0.6) is 5.75 Å². The fourth-order valence-corrected chi connectivity index (χ4v) is 2.03. The molecular formula is C12H14BrFN2O5. The van der Waals surface area contributed by atoms with Crippen LogP contribution < -0.4 is 10.5 Å². The number of halogens is 2. The Hall–Kier alpha value is -1.74. The van der Waals surface area contributed by atoms with Gasteiger partial charge in [-0.3, -0.25) is 14.9 Å². The fraction of sp³-hybridized carbons (Fsp3) is 0.417. The quantitative estimate of drug-likeness (QED) is 0.591. The summed E-state index contributed by atoms with van der Waals surface area (Å²) in [5.74, 6) is -2.24. The number of ether oxygens (including phenoxy) is 1. The van der Waals surface area contributed by atoms with Crippen LogP contribution in [0.2, 0.25) is 0 Å². The Bertz CT molecular complexity index is 579. The molecule has 3 N–H and O–H groups in total. The zero-order valence-corrected chi connectivity index (χ0v) is 12.9. The molecule has 0 spiro atoms. The molecule has 2 atom stereocenters. The maximum Gasteiger partial charge on any atom is 0.323 e. The number of nitrogens with two attached hydrogens (primary N) is 1. The van der Waals surface area contributed by atoms with E-state index in [-0.39, 0.29) is 16.6 Å². The summed E-state index contributed by atoms with van der Waals surface area (Å²) in [6.07, 6.45) is -0.854. The van der Waals surface area contributed by atoms with Gasteiger partial charge in [0.15, 0.2) is 5.75 Å². The van der Waals surface area contributed by atoms with Crippen LogP contribution >= 0.6 is 15.9 Å². The first-order valence-corrected chi connectivity index (χ1v) is 6.66. The number of hydrogen-bond acceptors (Lipinski definition) is 5. The number of carboxylic acids is 1. The Balaban J connectivity index is 3.00. The molecule has 0 saturated carbocycles. The van der Waals surface area contributed by atoms with E-state index < -0.39 is 34.0 Å². The lowest BCUT2D eigenvalue weighted by Crippen LogP contribution is -2.47. The summed E-state index contributed by atoms with van der Waals surface area (Å²) >= 11 is 2.85. The number of carboxylic acid groups (broad SMARTS) is 1. The maximum absolute atomic E-state index is 13.5. The van der Waals surface area contributed by atoms with Crippen molar-refractivity contribution in [2.75, 3.05) is 0 Å². The van der Waals surface area contributed by atoms with Crippen LogP contribution in [-0.2, 0) is 4.79 Å². The summed E-state index contributed by atoms with van der Waals surface area (Å²) in [4.78, 5) is 21.1. The molecule has 0 heterocycles. The van der Waals surface area contributed by atoms with E-state index >= 15 is 0 Å². The molecular weight excluding hydrogens is 351 g/mol. The van der Waals surface area contributed by atoms with E-state index in [0.29, 0.717) is 0 Å². The van der Waals surface area contributed by atoms with Crippen LogP contribution in [0.15, 0.2) is 16.6 Å². The third-order valence-electron chi connectivity index (χ3n) is 2.73. The topological polar surface area (TPSA) is 116 Å². The molecule has 0 bridgehead atoms. The molecule has 1 aromatic carbocycles. The molecule has 0 aliphatic heterocycles. The zero-order chi connectivity index (χ0) is 16.4. The third kappa shape index (κ3) is 4.36. The smallest absolute Gasteiger partial charge is 0.323 e. The largest absolute Gasteiger partial charge is 0.484 e. The average Bonchev–Trinajstić information content (AvgIpc) is 2.32. The van der Waals surface area contributed by atoms with Crippen LogP contribution in [0, 0.1) is 15.9 Å². The standard InChI is InChI=1S/C12H14BrFN2O5/c1-6(5-12(2,15)11(17)18)21-10-4-8(14)7(13)3-9(10)16(19)20/h3-4,6H,5,15H2,1-2H3,(H,17,18). The van der Waals surface area contributed by atoms with Crippen molar-refractivity contribution in [2.45, 2.75) is 31.9 Å². The summed E-state index contributed by atoms with van der Waals surface area (Å²) < 4.78 is 18.7. The van der Waals surface area contributed by atoms with Gasteiger partial charge in [0.1, 0.15) is 11.4 Å². The lowest BCUT2D eigenvalue weighted by atomic mass is 9.96. The minimum Gasteiger partial charge on any atom is -0.484 e. The van der Waals surface area contributed by atoms with Crippen molar-refractivity contribution >= 4 is 27.6 Å². The molecule has 0 aliphatic rings. The van der Waals surface area contributed by atoms with E-state index in [0.717, 1.165) is 12.1 Å². The molecule has 7 nitrogen and oxygen atoms in total. The lowest BCUT2D eigenvalue weighted by molar-refractivity contribution is -0.386. The van der Waals surface area contributed by atoms with Crippen molar-refractivity contribution in [1.29, 1.82) is 0 Å². The van der Waals surface area contributed by atoms with Gasteiger partial charge >= 0.3 is 11.7 Å². The molecule has 0 aromatic heterocycles. The van der Waals surface area contributed by atoms with Gasteiger partial charge in [-0.1, -0.05) is 0 Å². The van der Waals surface area contributed by atoms with E-state index in [1.165, 1.54) is 13.8 Å². The molecule has 1 aromatic rings. The van der Waals surface area contributed by atoms with Crippen molar-refractivity contribution in [3.05, 3.63) is 32.5 Å². The van der Waals surface area contributed by atoms with Gasteiger partial charge in [-0.2, -0.15) is 0 Å². The first kappa shape index (κ1) is 17.3. The Morgan fingerprint density at radius 3 is 2.71 bits per heavy atom. The molecule has 21 heavy (non-hydrogen) atoms. The molecule has 0 saturated heterocycles. The number of aliphatic carboxylic acids is 1. The molecule has 0 aliphatic carbocycles. The van der Waals surface area contributed by atoms with Gasteiger partial charge in [0, 0.05) is 18.6 Å². The van der Waals surface area contributed by atoms with Crippen LogP contribution in [0.4, 0.5) is 10.1 Å². The van der Waals surface area contributed by atoms with Crippen LogP contribution in [0.3, 0.4) is 0 Å². The van der Waals surface area contributed by atoms with Gasteiger partial charge in [0.05, 0.1) is 15.5 Å². The molecule has 0 amide bonds. The van der Waals surface area contributed by atoms with Crippen LogP contribution in [0.25, 0.3) is 0 Å². The molecule has 9 heteroatoms. The van der Waals surface area contributed by atoms with E-state index in [4.69, 9.17) is 15.6 Å². The molecule has 0 radical (unpaired) electrons. The second kappa shape index (κ2) is 6.35. The van der Waals surface area contributed by atoms with Crippen molar-refractivity contribution in [3.8, 4) is 5.75 Å². The Labute approximate surface area is 128 Å². The van der Waals surface area contributed by atoms with Gasteiger partial charge in [-0.15, -0.1) is 0 Å².